The summed E-state index contributed by atoms with van der Waals surface area (Å²) in [5, 5.41) is 6.74. The summed E-state index contributed by atoms with van der Waals surface area (Å²) >= 11 is 1.71. The predicted octanol–water partition coefficient (Wildman–Crippen LogP) is 2.47. The van der Waals surface area contributed by atoms with Gasteiger partial charge in [0.2, 0.25) is 5.91 Å². The van der Waals surface area contributed by atoms with Crippen molar-refractivity contribution in [3.8, 4) is 0 Å². The fraction of sp³-hybridized carbons (Fsp3) is 0.346. The van der Waals surface area contributed by atoms with E-state index in [1.165, 1.54) is 9.78 Å². The second kappa shape index (κ2) is 10.0. The lowest BCUT2D eigenvalue weighted by Crippen LogP contribution is -2.52. The van der Waals surface area contributed by atoms with E-state index >= 15 is 0 Å². The van der Waals surface area contributed by atoms with Crippen LogP contribution in [0.15, 0.2) is 53.9 Å². The molecule has 3 aromatic rings. The van der Waals surface area contributed by atoms with Crippen molar-refractivity contribution in [2.45, 2.75) is 6.42 Å². The standard InChI is InChI=1S/C26H28N4O3S/c31-23(27-10-9-20-6-3-17-34-20)18-29-13-11-28(12-14-29)15-16-30-25(32)21-7-1-4-19-5-2-8-22(24(19)21)26(30)33/h1-8,17H,9-16,18H2,(H,27,31). The van der Waals surface area contributed by atoms with Gasteiger partial charge in [0.25, 0.3) is 11.8 Å². The lowest BCUT2D eigenvalue weighted by atomic mass is 9.94. The number of piperazine rings is 1. The lowest BCUT2D eigenvalue weighted by molar-refractivity contribution is -0.122. The maximum absolute atomic E-state index is 13.1. The van der Waals surface area contributed by atoms with Gasteiger partial charge in [-0.15, -0.1) is 11.3 Å². The molecule has 1 N–H and O–H groups in total. The van der Waals surface area contributed by atoms with Gasteiger partial charge in [-0.25, -0.2) is 0 Å². The molecule has 0 unspecified atom stereocenters. The van der Waals surface area contributed by atoms with Crippen LogP contribution in [-0.4, -0.2) is 84.8 Å². The summed E-state index contributed by atoms with van der Waals surface area (Å²) in [5.41, 5.74) is 1.20. The Labute approximate surface area is 202 Å². The third-order valence-corrected chi connectivity index (χ3v) is 7.54. The van der Waals surface area contributed by atoms with Crippen molar-refractivity contribution < 1.29 is 14.4 Å². The van der Waals surface area contributed by atoms with E-state index in [0.29, 0.717) is 37.3 Å². The van der Waals surface area contributed by atoms with Crippen molar-refractivity contribution in [3.05, 3.63) is 69.9 Å². The highest BCUT2D eigenvalue weighted by atomic mass is 32.1. The number of nitrogens with zero attached hydrogens (tertiary/aromatic N) is 3. The van der Waals surface area contributed by atoms with Crippen LogP contribution in [0, 0.1) is 0 Å². The van der Waals surface area contributed by atoms with Crippen LogP contribution in [0.4, 0.5) is 0 Å². The smallest absolute Gasteiger partial charge is 0.261 e. The molecule has 1 fully saturated rings. The quantitative estimate of drug-likeness (QED) is 0.506. The molecular formula is C26H28N4O3S. The zero-order valence-electron chi connectivity index (χ0n) is 19.0. The molecule has 0 atom stereocenters. The molecule has 2 aliphatic rings. The first kappa shape index (κ1) is 22.7. The first-order valence-electron chi connectivity index (χ1n) is 11.7. The molecule has 3 amide bonds. The lowest BCUT2D eigenvalue weighted by Gasteiger charge is -2.35. The second-order valence-electron chi connectivity index (χ2n) is 8.77. The fourth-order valence-corrected chi connectivity index (χ4v) is 5.44. The van der Waals surface area contributed by atoms with E-state index in [2.05, 4.69) is 21.2 Å². The van der Waals surface area contributed by atoms with Crippen molar-refractivity contribution >= 4 is 39.8 Å². The fourth-order valence-electron chi connectivity index (χ4n) is 4.73. The average molecular weight is 477 g/mol. The number of carbonyl (C=O) groups excluding carboxylic acids is 3. The Bertz CT molecular complexity index is 1150. The van der Waals surface area contributed by atoms with Crippen molar-refractivity contribution in [2.75, 3.05) is 52.4 Å². The number of amides is 3. The van der Waals surface area contributed by atoms with Gasteiger partial charge < -0.3 is 5.32 Å². The molecule has 0 bridgehead atoms. The van der Waals surface area contributed by atoms with Crippen LogP contribution in [0.3, 0.4) is 0 Å². The number of hydrogen-bond donors (Lipinski definition) is 1. The summed E-state index contributed by atoms with van der Waals surface area (Å²) in [7, 11) is 0. The van der Waals surface area contributed by atoms with E-state index in [9.17, 15) is 14.4 Å². The minimum absolute atomic E-state index is 0.0577. The topological polar surface area (TPSA) is 73.0 Å². The van der Waals surface area contributed by atoms with Crippen LogP contribution in [0.1, 0.15) is 25.6 Å². The van der Waals surface area contributed by atoms with Crippen molar-refractivity contribution in [3.63, 3.8) is 0 Å². The van der Waals surface area contributed by atoms with E-state index in [-0.39, 0.29) is 17.7 Å². The summed E-state index contributed by atoms with van der Waals surface area (Å²) in [4.78, 5) is 45.4. The van der Waals surface area contributed by atoms with Gasteiger partial charge >= 0.3 is 0 Å². The molecule has 0 spiro atoms. The molecule has 7 nitrogen and oxygen atoms in total. The molecule has 1 saturated heterocycles. The van der Waals surface area contributed by atoms with E-state index in [0.717, 1.165) is 43.4 Å². The van der Waals surface area contributed by atoms with Crippen LogP contribution in [0.2, 0.25) is 0 Å². The minimum atomic E-state index is -0.216. The highest BCUT2D eigenvalue weighted by Crippen LogP contribution is 2.29. The first-order valence-corrected chi connectivity index (χ1v) is 12.6. The molecule has 3 heterocycles. The van der Waals surface area contributed by atoms with Gasteiger partial charge in [0.15, 0.2) is 0 Å². The molecule has 0 radical (unpaired) electrons. The summed E-state index contributed by atoms with van der Waals surface area (Å²) in [5.74, 6) is -0.373. The number of nitrogens with one attached hydrogen (secondary N) is 1. The van der Waals surface area contributed by atoms with Gasteiger partial charge in [0, 0.05) is 67.2 Å². The van der Waals surface area contributed by atoms with Crippen molar-refractivity contribution in [1.29, 1.82) is 0 Å². The Kier molecular flexibility index (Phi) is 6.71. The normalized spacial score (nSPS) is 16.9. The maximum atomic E-state index is 13.1. The van der Waals surface area contributed by atoms with Crippen molar-refractivity contribution in [1.82, 2.24) is 20.0 Å². The third kappa shape index (κ3) is 4.75. The molecule has 8 heteroatoms. The van der Waals surface area contributed by atoms with Gasteiger partial charge in [-0.2, -0.15) is 0 Å². The van der Waals surface area contributed by atoms with Gasteiger partial charge in [-0.1, -0.05) is 30.3 Å². The molecule has 2 aromatic carbocycles. The SMILES string of the molecule is O=C(CN1CCN(CCN2C(=O)c3cccc4cccc(c34)C2=O)CC1)NCCc1cccs1. The Morgan fingerprint density at radius 3 is 2.18 bits per heavy atom. The molecule has 5 rings (SSSR count). The van der Waals surface area contributed by atoms with Crippen LogP contribution in [0.5, 0.6) is 0 Å². The zero-order chi connectivity index (χ0) is 23.5. The number of benzene rings is 2. The Hall–Kier alpha value is -3.07. The van der Waals surface area contributed by atoms with Gasteiger partial charge in [-0.3, -0.25) is 29.1 Å². The van der Waals surface area contributed by atoms with Gasteiger partial charge in [0.05, 0.1) is 6.54 Å². The van der Waals surface area contributed by atoms with E-state index in [1.54, 1.807) is 23.5 Å². The number of carbonyl (C=O) groups is 3. The summed E-state index contributed by atoms with van der Waals surface area (Å²) in [6.45, 7) is 5.28. The largest absolute Gasteiger partial charge is 0.355 e. The predicted molar refractivity (Wildman–Crippen MR) is 133 cm³/mol. The summed E-state index contributed by atoms with van der Waals surface area (Å²) in [6.07, 6.45) is 0.865. The molecule has 0 saturated carbocycles. The van der Waals surface area contributed by atoms with Crippen LogP contribution >= 0.6 is 11.3 Å². The van der Waals surface area contributed by atoms with Crippen LogP contribution in [-0.2, 0) is 11.2 Å². The second-order valence-corrected chi connectivity index (χ2v) is 9.80. The molecule has 176 valence electrons. The molecule has 0 aliphatic carbocycles. The summed E-state index contributed by atoms with van der Waals surface area (Å²) < 4.78 is 0. The number of rotatable bonds is 8. The maximum Gasteiger partial charge on any atom is 0.261 e. The minimum Gasteiger partial charge on any atom is -0.355 e. The number of hydrogen-bond acceptors (Lipinski definition) is 6. The average Bonchev–Trinajstić information content (AvgIpc) is 3.37. The third-order valence-electron chi connectivity index (χ3n) is 6.60. The molecule has 2 aliphatic heterocycles. The van der Waals surface area contributed by atoms with Crippen molar-refractivity contribution in [2.24, 2.45) is 0 Å². The zero-order valence-corrected chi connectivity index (χ0v) is 19.9. The Morgan fingerprint density at radius 1 is 0.853 bits per heavy atom. The highest BCUT2D eigenvalue weighted by molar-refractivity contribution is 7.09. The van der Waals surface area contributed by atoms with Gasteiger partial charge in [-0.05, 0) is 35.4 Å². The van der Waals surface area contributed by atoms with E-state index in [4.69, 9.17) is 0 Å². The van der Waals surface area contributed by atoms with Gasteiger partial charge in [0.1, 0.15) is 0 Å². The number of thiophene rings is 1. The van der Waals surface area contributed by atoms with E-state index in [1.807, 2.05) is 35.7 Å². The molecular weight excluding hydrogens is 448 g/mol. The Balaban J connectivity index is 1.09. The molecule has 1 aromatic heterocycles. The first-order chi connectivity index (χ1) is 16.6. The molecule has 34 heavy (non-hydrogen) atoms. The summed E-state index contributed by atoms with van der Waals surface area (Å²) in [6, 6.07) is 15.3. The van der Waals surface area contributed by atoms with Crippen LogP contribution in [0.25, 0.3) is 10.8 Å². The van der Waals surface area contributed by atoms with E-state index < -0.39 is 0 Å². The monoisotopic (exact) mass is 476 g/mol. The highest BCUT2D eigenvalue weighted by Gasteiger charge is 2.32. The van der Waals surface area contributed by atoms with Crippen LogP contribution < -0.4 is 5.32 Å². The number of imide groups is 1. The Morgan fingerprint density at radius 2 is 1.53 bits per heavy atom.